The quantitative estimate of drug-likeness (QED) is 0.699. The fourth-order valence-electron chi connectivity index (χ4n) is 3.74. The van der Waals surface area contributed by atoms with Crippen LogP contribution < -0.4 is 4.74 Å². The summed E-state index contributed by atoms with van der Waals surface area (Å²) in [4.78, 5) is 6.19. The van der Waals surface area contributed by atoms with E-state index in [0.717, 1.165) is 24.2 Å². The number of hydrogen-bond acceptors (Lipinski definition) is 4. The Labute approximate surface area is 151 Å². The van der Waals surface area contributed by atoms with Crippen molar-refractivity contribution in [2.24, 2.45) is 0 Å². The van der Waals surface area contributed by atoms with Gasteiger partial charge in [0.05, 0.1) is 25.2 Å². The van der Waals surface area contributed by atoms with Gasteiger partial charge in [0.1, 0.15) is 5.75 Å². The van der Waals surface area contributed by atoms with Crippen LogP contribution in [-0.4, -0.2) is 43.1 Å². The van der Waals surface area contributed by atoms with E-state index in [9.17, 15) is 0 Å². The number of methoxy groups -OCH3 is 2. The highest BCUT2D eigenvalue weighted by Gasteiger charge is 2.46. The summed E-state index contributed by atoms with van der Waals surface area (Å²) in [5.41, 5.74) is 0.803. The van der Waals surface area contributed by atoms with Gasteiger partial charge in [0.15, 0.2) is 0 Å². The molecule has 0 radical (unpaired) electrons. The molecule has 0 amide bonds. The number of ether oxygens (including phenoxy) is 2. The minimum atomic E-state index is -0.206. The third kappa shape index (κ3) is 4.42. The average Bonchev–Trinajstić information content (AvgIpc) is 2.52. The number of rotatable bonds is 6. The Morgan fingerprint density at radius 2 is 1.62 bits per heavy atom. The predicted octanol–water partition coefficient (Wildman–Crippen LogP) is 4.57. The third-order valence-corrected chi connectivity index (χ3v) is 5.09. The monoisotopic (exact) mass is 355 g/mol. The van der Waals surface area contributed by atoms with Gasteiger partial charge in [-0.05, 0) is 58.2 Å². The lowest BCUT2D eigenvalue weighted by molar-refractivity contribution is -0.293. The van der Waals surface area contributed by atoms with Gasteiger partial charge in [-0.15, -0.1) is 11.6 Å². The first-order valence-corrected chi connectivity index (χ1v) is 8.87. The molecular weight excluding hydrogens is 326 g/mol. The van der Waals surface area contributed by atoms with E-state index in [0.29, 0.717) is 6.61 Å². The highest BCUT2D eigenvalue weighted by molar-refractivity contribution is 6.20. The highest BCUT2D eigenvalue weighted by Crippen LogP contribution is 2.40. The van der Waals surface area contributed by atoms with Crippen LogP contribution in [0.15, 0.2) is 24.3 Å². The molecule has 1 aromatic carbocycles. The molecule has 0 saturated carbocycles. The maximum atomic E-state index is 6.55. The number of piperidine rings is 1. The topological polar surface area (TPSA) is 30.9 Å². The molecule has 24 heavy (non-hydrogen) atoms. The average molecular weight is 356 g/mol. The van der Waals surface area contributed by atoms with Crippen molar-refractivity contribution < 1.29 is 14.3 Å². The van der Waals surface area contributed by atoms with E-state index in [1.165, 1.54) is 0 Å². The molecule has 136 valence electrons. The predicted molar refractivity (Wildman–Crippen MR) is 97.6 cm³/mol. The molecular formula is C19H30ClNO3. The zero-order valence-corrected chi connectivity index (χ0v) is 16.4. The van der Waals surface area contributed by atoms with E-state index in [2.05, 4.69) is 32.8 Å². The first-order chi connectivity index (χ1) is 11.2. The van der Waals surface area contributed by atoms with Crippen molar-refractivity contribution in [1.82, 2.24) is 5.06 Å². The van der Waals surface area contributed by atoms with Gasteiger partial charge >= 0.3 is 0 Å². The van der Waals surface area contributed by atoms with Crippen LogP contribution in [0.2, 0.25) is 0 Å². The molecule has 2 rings (SSSR count). The highest BCUT2D eigenvalue weighted by atomic mass is 35.5. The Hall–Kier alpha value is -0.810. The summed E-state index contributed by atoms with van der Waals surface area (Å²) < 4.78 is 10.8. The van der Waals surface area contributed by atoms with E-state index in [1.807, 2.05) is 24.3 Å². The molecule has 1 fully saturated rings. The Bertz CT molecular complexity index is 512. The number of hydrogen-bond donors (Lipinski definition) is 0. The van der Waals surface area contributed by atoms with Gasteiger partial charge in [0.25, 0.3) is 0 Å². The van der Waals surface area contributed by atoms with Crippen molar-refractivity contribution in [3.63, 3.8) is 0 Å². The first-order valence-electron chi connectivity index (χ1n) is 8.43. The fraction of sp³-hybridized carbons (Fsp3) is 0.684. The van der Waals surface area contributed by atoms with Crippen LogP contribution in [0.1, 0.15) is 51.5 Å². The standard InChI is InChI=1S/C19H30ClNO3/c1-18(2)11-16(23-6)12-19(3,4)21(18)24-13-17(20)14-7-9-15(22-5)10-8-14/h7-10,16-17H,11-13H2,1-6H3. The number of hydroxylamine groups is 2. The van der Waals surface area contributed by atoms with Crippen molar-refractivity contribution in [2.45, 2.75) is 63.1 Å². The minimum absolute atomic E-state index is 0.112. The molecule has 1 aliphatic heterocycles. The molecule has 1 heterocycles. The van der Waals surface area contributed by atoms with Gasteiger partial charge in [-0.3, -0.25) is 4.84 Å². The molecule has 1 unspecified atom stereocenters. The van der Waals surface area contributed by atoms with Crippen LogP contribution in [0.25, 0.3) is 0 Å². The molecule has 1 saturated heterocycles. The number of alkyl halides is 1. The largest absolute Gasteiger partial charge is 0.497 e. The number of nitrogens with zero attached hydrogens (tertiary/aromatic N) is 1. The molecule has 1 aromatic rings. The second-order valence-corrected chi connectivity index (χ2v) is 8.25. The summed E-state index contributed by atoms with van der Waals surface area (Å²) in [7, 11) is 3.44. The molecule has 1 atom stereocenters. The summed E-state index contributed by atoms with van der Waals surface area (Å²) in [5.74, 6) is 0.826. The summed E-state index contributed by atoms with van der Waals surface area (Å²) in [5, 5.41) is 1.90. The van der Waals surface area contributed by atoms with Gasteiger partial charge in [0.2, 0.25) is 0 Å². The molecule has 0 aromatic heterocycles. The molecule has 1 aliphatic rings. The van der Waals surface area contributed by atoms with Crippen LogP contribution in [0.3, 0.4) is 0 Å². The van der Waals surface area contributed by atoms with Crippen molar-refractivity contribution in [1.29, 1.82) is 0 Å². The van der Waals surface area contributed by atoms with Gasteiger partial charge in [-0.25, -0.2) is 0 Å². The van der Waals surface area contributed by atoms with E-state index in [1.54, 1.807) is 14.2 Å². The van der Waals surface area contributed by atoms with Gasteiger partial charge in [-0.1, -0.05) is 12.1 Å². The molecule has 0 bridgehead atoms. The molecule has 0 spiro atoms. The second-order valence-electron chi connectivity index (χ2n) is 7.72. The van der Waals surface area contributed by atoms with E-state index >= 15 is 0 Å². The van der Waals surface area contributed by atoms with Crippen molar-refractivity contribution in [3.8, 4) is 5.75 Å². The summed E-state index contributed by atoms with van der Waals surface area (Å²) >= 11 is 6.55. The third-order valence-electron chi connectivity index (χ3n) is 4.71. The number of halogens is 1. The Morgan fingerprint density at radius 3 is 2.08 bits per heavy atom. The minimum Gasteiger partial charge on any atom is -0.497 e. The zero-order chi connectivity index (χ0) is 18.0. The number of benzene rings is 1. The Morgan fingerprint density at radius 1 is 1.08 bits per heavy atom. The maximum absolute atomic E-state index is 6.55. The Balaban J connectivity index is 2.03. The van der Waals surface area contributed by atoms with Crippen LogP contribution in [0, 0.1) is 0 Å². The second kappa shape index (κ2) is 7.61. The van der Waals surface area contributed by atoms with Crippen LogP contribution in [0.4, 0.5) is 0 Å². The lowest BCUT2D eigenvalue weighted by atomic mass is 9.80. The van der Waals surface area contributed by atoms with Crippen LogP contribution >= 0.6 is 11.6 Å². The van der Waals surface area contributed by atoms with E-state index in [-0.39, 0.29) is 22.6 Å². The van der Waals surface area contributed by atoms with Crippen LogP contribution in [0.5, 0.6) is 5.75 Å². The van der Waals surface area contributed by atoms with Gasteiger partial charge < -0.3 is 9.47 Å². The van der Waals surface area contributed by atoms with E-state index in [4.69, 9.17) is 25.9 Å². The first kappa shape index (κ1) is 19.5. The SMILES string of the molecule is COc1ccc(C(Cl)CON2C(C)(C)CC(OC)CC2(C)C)cc1. The fourth-order valence-corrected chi connectivity index (χ4v) is 3.94. The lowest BCUT2D eigenvalue weighted by Gasteiger charge is -2.53. The van der Waals surface area contributed by atoms with Crippen molar-refractivity contribution in [2.75, 3.05) is 20.8 Å². The van der Waals surface area contributed by atoms with E-state index < -0.39 is 0 Å². The molecule has 4 nitrogen and oxygen atoms in total. The molecule has 0 aliphatic carbocycles. The smallest absolute Gasteiger partial charge is 0.118 e. The lowest BCUT2D eigenvalue weighted by Crippen LogP contribution is -2.61. The molecule has 0 N–H and O–H groups in total. The van der Waals surface area contributed by atoms with Crippen LogP contribution in [-0.2, 0) is 9.57 Å². The normalized spacial score (nSPS) is 22.3. The summed E-state index contributed by atoms with van der Waals surface area (Å²) in [6, 6.07) is 7.80. The maximum Gasteiger partial charge on any atom is 0.118 e. The molecule has 5 heteroatoms. The van der Waals surface area contributed by atoms with Crippen molar-refractivity contribution >= 4 is 11.6 Å². The van der Waals surface area contributed by atoms with Crippen molar-refractivity contribution in [3.05, 3.63) is 29.8 Å². The Kier molecular flexibility index (Phi) is 6.19. The van der Waals surface area contributed by atoms with Gasteiger partial charge in [0, 0.05) is 18.2 Å². The summed E-state index contributed by atoms with van der Waals surface area (Å²) in [6.45, 7) is 9.19. The van der Waals surface area contributed by atoms with Gasteiger partial charge in [-0.2, -0.15) is 5.06 Å². The summed E-state index contributed by atoms with van der Waals surface area (Å²) in [6.07, 6.45) is 2.12. The zero-order valence-electron chi connectivity index (χ0n) is 15.6.